The molecule has 0 amide bonds. The van der Waals surface area contributed by atoms with E-state index in [1.165, 1.54) is 16.0 Å². The van der Waals surface area contributed by atoms with Gasteiger partial charge in [0.25, 0.3) is 0 Å². The Hall–Kier alpha value is -2.11. The highest BCUT2D eigenvalue weighted by Crippen LogP contribution is 2.16. The van der Waals surface area contributed by atoms with Crippen LogP contribution in [0.1, 0.15) is 35.8 Å². The van der Waals surface area contributed by atoms with Crippen molar-refractivity contribution in [2.45, 2.75) is 30.8 Å². The Balaban J connectivity index is 1.56. The topological polar surface area (TPSA) is 51.0 Å². The van der Waals surface area contributed by atoms with Crippen LogP contribution < -0.4 is 5.32 Å². The largest absolute Gasteiger partial charge is 0.338 e. The minimum absolute atomic E-state index is 0.0160. The molecule has 0 saturated heterocycles. The van der Waals surface area contributed by atoms with Crippen molar-refractivity contribution in [2.75, 3.05) is 6.26 Å². The summed E-state index contributed by atoms with van der Waals surface area (Å²) in [6.45, 7) is 2.81. The van der Waals surface area contributed by atoms with Gasteiger partial charge in [0.2, 0.25) is 5.89 Å². The van der Waals surface area contributed by atoms with Crippen LogP contribution in [0.25, 0.3) is 0 Å². The van der Waals surface area contributed by atoms with E-state index in [4.69, 9.17) is 4.52 Å². The fourth-order valence-electron chi connectivity index (χ4n) is 2.40. The average Bonchev–Trinajstić information content (AvgIpc) is 3.09. The molecule has 3 aromatic rings. The third kappa shape index (κ3) is 4.46. The summed E-state index contributed by atoms with van der Waals surface area (Å²) in [4.78, 5) is 5.77. The van der Waals surface area contributed by atoms with Gasteiger partial charge in [0.15, 0.2) is 5.82 Å². The lowest BCUT2D eigenvalue weighted by atomic mass is 10.1. The highest BCUT2D eigenvalue weighted by atomic mass is 32.2. The Morgan fingerprint density at radius 3 is 2.50 bits per heavy atom. The van der Waals surface area contributed by atoms with E-state index in [-0.39, 0.29) is 6.04 Å². The number of nitrogens with one attached hydrogen (secondary N) is 1. The number of nitrogens with zero attached hydrogens (tertiary/aromatic N) is 2. The van der Waals surface area contributed by atoms with Gasteiger partial charge in [-0.05, 0) is 36.4 Å². The van der Waals surface area contributed by atoms with Crippen molar-refractivity contribution in [3.05, 3.63) is 77.4 Å². The van der Waals surface area contributed by atoms with E-state index in [2.05, 4.69) is 58.1 Å². The van der Waals surface area contributed by atoms with Crippen LogP contribution in [0, 0.1) is 0 Å². The summed E-state index contributed by atoms with van der Waals surface area (Å²) in [6, 6.07) is 18.7. The van der Waals surface area contributed by atoms with Crippen LogP contribution in [0.15, 0.2) is 64.0 Å². The maximum Gasteiger partial charge on any atom is 0.243 e. The maximum atomic E-state index is 5.40. The van der Waals surface area contributed by atoms with Crippen LogP contribution in [0.3, 0.4) is 0 Å². The molecule has 124 valence electrons. The van der Waals surface area contributed by atoms with E-state index >= 15 is 0 Å². The smallest absolute Gasteiger partial charge is 0.243 e. The molecule has 3 rings (SSSR count). The van der Waals surface area contributed by atoms with Crippen molar-refractivity contribution in [1.82, 2.24) is 15.5 Å². The Kier molecular flexibility index (Phi) is 5.67. The van der Waals surface area contributed by atoms with Gasteiger partial charge < -0.3 is 9.84 Å². The molecule has 0 bridgehead atoms. The molecule has 1 aromatic heterocycles. The second-order valence-electron chi connectivity index (χ2n) is 5.66. The van der Waals surface area contributed by atoms with E-state index in [1.54, 1.807) is 11.8 Å². The molecule has 0 radical (unpaired) electrons. The number of hydrogen-bond donors (Lipinski definition) is 1. The fraction of sp³-hybridized carbons (Fsp3) is 0.263. The van der Waals surface area contributed by atoms with E-state index in [0.29, 0.717) is 18.1 Å². The van der Waals surface area contributed by atoms with Crippen molar-refractivity contribution in [2.24, 2.45) is 0 Å². The van der Waals surface area contributed by atoms with Crippen LogP contribution in [0.5, 0.6) is 0 Å². The molecule has 0 fully saturated rings. The third-order valence-electron chi connectivity index (χ3n) is 3.83. The lowest BCUT2D eigenvalue weighted by molar-refractivity contribution is 0.336. The predicted molar refractivity (Wildman–Crippen MR) is 97.0 cm³/mol. The number of hydrogen-bond acceptors (Lipinski definition) is 5. The Bertz CT molecular complexity index is 756. The van der Waals surface area contributed by atoms with Gasteiger partial charge in [-0.1, -0.05) is 47.6 Å². The third-order valence-corrected chi connectivity index (χ3v) is 4.57. The Labute approximate surface area is 146 Å². The van der Waals surface area contributed by atoms with Crippen molar-refractivity contribution in [3.8, 4) is 0 Å². The second kappa shape index (κ2) is 8.13. The van der Waals surface area contributed by atoms with Crippen molar-refractivity contribution in [1.29, 1.82) is 0 Å². The lowest BCUT2D eigenvalue weighted by Crippen LogP contribution is -2.18. The van der Waals surface area contributed by atoms with Gasteiger partial charge in [-0.15, -0.1) is 11.8 Å². The van der Waals surface area contributed by atoms with Crippen LogP contribution >= 0.6 is 11.8 Å². The molecule has 1 atom stereocenters. The highest BCUT2D eigenvalue weighted by Gasteiger charge is 2.14. The Morgan fingerprint density at radius 1 is 1.04 bits per heavy atom. The van der Waals surface area contributed by atoms with Crippen LogP contribution in [0.2, 0.25) is 0 Å². The lowest BCUT2D eigenvalue weighted by Gasteiger charge is -2.09. The summed E-state index contributed by atoms with van der Waals surface area (Å²) < 4.78 is 5.40. The van der Waals surface area contributed by atoms with Gasteiger partial charge in [-0.3, -0.25) is 0 Å². The minimum atomic E-state index is 0.0160. The zero-order valence-electron chi connectivity index (χ0n) is 13.9. The maximum absolute atomic E-state index is 5.40. The molecule has 24 heavy (non-hydrogen) atoms. The van der Waals surface area contributed by atoms with E-state index in [0.717, 1.165) is 6.54 Å². The van der Waals surface area contributed by atoms with Gasteiger partial charge in [-0.2, -0.15) is 4.98 Å². The molecule has 4 nitrogen and oxygen atoms in total. The molecule has 1 heterocycles. The summed E-state index contributed by atoms with van der Waals surface area (Å²) in [5, 5.41) is 7.51. The van der Waals surface area contributed by atoms with Gasteiger partial charge in [0.05, 0.1) is 6.04 Å². The molecule has 1 N–H and O–H groups in total. The second-order valence-corrected chi connectivity index (χ2v) is 6.54. The zero-order valence-corrected chi connectivity index (χ0v) is 14.7. The Morgan fingerprint density at radius 2 is 1.79 bits per heavy atom. The molecule has 2 aromatic carbocycles. The van der Waals surface area contributed by atoms with Crippen molar-refractivity contribution < 1.29 is 4.52 Å². The van der Waals surface area contributed by atoms with Crippen molar-refractivity contribution in [3.63, 3.8) is 0 Å². The number of rotatable bonds is 7. The zero-order chi connectivity index (χ0) is 16.8. The molecule has 0 aliphatic rings. The molecular weight excluding hydrogens is 318 g/mol. The van der Waals surface area contributed by atoms with Gasteiger partial charge in [0, 0.05) is 17.9 Å². The molecular formula is C19H21N3OS. The first-order chi connectivity index (χ1) is 11.7. The summed E-state index contributed by atoms with van der Waals surface area (Å²) >= 11 is 1.75. The summed E-state index contributed by atoms with van der Waals surface area (Å²) in [5.74, 6) is 1.34. The number of aromatic nitrogens is 2. The number of thioether (sulfide) groups is 1. The van der Waals surface area contributed by atoms with Crippen LogP contribution in [0.4, 0.5) is 0 Å². The van der Waals surface area contributed by atoms with Crippen LogP contribution in [-0.2, 0) is 13.0 Å². The summed E-state index contributed by atoms with van der Waals surface area (Å²) in [7, 11) is 0. The van der Waals surface area contributed by atoms with E-state index in [9.17, 15) is 0 Å². The summed E-state index contributed by atoms with van der Waals surface area (Å²) in [6.07, 6.45) is 2.77. The molecule has 0 spiro atoms. The first-order valence-corrected chi connectivity index (χ1v) is 9.20. The van der Waals surface area contributed by atoms with Crippen LogP contribution in [-0.4, -0.2) is 16.4 Å². The summed E-state index contributed by atoms with van der Waals surface area (Å²) in [5.41, 5.74) is 2.42. The minimum Gasteiger partial charge on any atom is -0.338 e. The van der Waals surface area contributed by atoms with E-state index in [1.807, 2.05) is 25.1 Å². The first-order valence-electron chi connectivity index (χ1n) is 7.97. The SMILES string of the molecule is CSc1ccc(CNC(C)c2nc(Cc3ccccc3)no2)cc1. The molecule has 5 heteroatoms. The molecule has 1 unspecified atom stereocenters. The van der Waals surface area contributed by atoms with Gasteiger partial charge in [-0.25, -0.2) is 0 Å². The molecule has 0 aliphatic heterocycles. The normalized spacial score (nSPS) is 12.2. The quantitative estimate of drug-likeness (QED) is 0.653. The first kappa shape index (κ1) is 16.7. The number of benzene rings is 2. The standard InChI is InChI=1S/C19H21N3OS/c1-14(20-13-16-8-10-17(24-2)11-9-16)19-21-18(22-23-19)12-15-6-4-3-5-7-15/h3-11,14,20H,12-13H2,1-2H3. The predicted octanol–water partition coefficient (Wildman–Crippen LogP) is 4.23. The fourth-order valence-corrected chi connectivity index (χ4v) is 2.80. The monoisotopic (exact) mass is 339 g/mol. The molecule has 0 aliphatic carbocycles. The van der Waals surface area contributed by atoms with Gasteiger partial charge in [0.1, 0.15) is 0 Å². The molecule has 0 saturated carbocycles. The van der Waals surface area contributed by atoms with Gasteiger partial charge >= 0.3 is 0 Å². The highest BCUT2D eigenvalue weighted by molar-refractivity contribution is 7.98. The van der Waals surface area contributed by atoms with E-state index < -0.39 is 0 Å². The van der Waals surface area contributed by atoms with Crippen molar-refractivity contribution >= 4 is 11.8 Å². The average molecular weight is 339 g/mol.